The van der Waals surface area contributed by atoms with Gasteiger partial charge in [-0.05, 0) is 36.6 Å². The van der Waals surface area contributed by atoms with Crippen LogP contribution in [0.4, 0.5) is 5.69 Å². The Morgan fingerprint density at radius 2 is 2.15 bits per heavy atom. The maximum atomic E-state index is 12.1. The number of aliphatic hydroxyl groups excluding tert-OH is 1. The second-order valence-electron chi connectivity index (χ2n) is 5.27. The molecular formula is C15H22N2O3. The maximum absolute atomic E-state index is 12.1. The van der Waals surface area contributed by atoms with E-state index in [1.807, 2.05) is 0 Å². The van der Waals surface area contributed by atoms with Crippen LogP contribution in [0.2, 0.25) is 0 Å². The molecule has 0 bridgehead atoms. The van der Waals surface area contributed by atoms with Crippen molar-refractivity contribution in [1.29, 1.82) is 0 Å². The van der Waals surface area contributed by atoms with Gasteiger partial charge in [0.15, 0.2) is 0 Å². The Balaban J connectivity index is 1.79. The summed E-state index contributed by atoms with van der Waals surface area (Å²) >= 11 is 0. The van der Waals surface area contributed by atoms with Crippen LogP contribution in [-0.2, 0) is 4.79 Å². The van der Waals surface area contributed by atoms with E-state index in [2.05, 4.69) is 6.92 Å². The monoisotopic (exact) mass is 278 g/mol. The number of hydrogen-bond acceptors (Lipinski definition) is 4. The summed E-state index contributed by atoms with van der Waals surface area (Å²) in [7, 11) is 0. The molecule has 1 fully saturated rings. The number of benzene rings is 1. The smallest absolute Gasteiger partial charge is 0.226 e. The molecule has 20 heavy (non-hydrogen) atoms. The number of aliphatic hydroxyl groups is 1. The van der Waals surface area contributed by atoms with Crippen molar-refractivity contribution in [3.63, 3.8) is 0 Å². The number of carbonyl (C=O) groups is 1. The molecule has 0 aromatic heterocycles. The molecule has 110 valence electrons. The fourth-order valence-electron chi connectivity index (χ4n) is 2.56. The highest BCUT2D eigenvalue weighted by Gasteiger charge is 2.33. The Bertz CT molecular complexity index is 447. The van der Waals surface area contributed by atoms with Crippen LogP contribution >= 0.6 is 0 Å². The number of nitrogens with two attached hydrogens (primary N) is 1. The molecule has 1 aliphatic rings. The Labute approximate surface area is 119 Å². The van der Waals surface area contributed by atoms with Crippen LogP contribution in [0.25, 0.3) is 0 Å². The molecule has 2 atom stereocenters. The van der Waals surface area contributed by atoms with Crippen LogP contribution in [0.15, 0.2) is 24.3 Å². The number of ether oxygens (including phenoxy) is 1. The van der Waals surface area contributed by atoms with Gasteiger partial charge in [0, 0.05) is 12.2 Å². The van der Waals surface area contributed by atoms with Crippen LogP contribution in [0.3, 0.4) is 0 Å². The average Bonchev–Trinajstić information content (AvgIpc) is 2.82. The number of nitrogens with zero attached hydrogens (tertiary/aromatic N) is 1. The van der Waals surface area contributed by atoms with Gasteiger partial charge in [-0.15, -0.1) is 0 Å². The Kier molecular flexibility index (Phi) is 4.84. The van der Waals surface area contributed by atoms with E-state index in [1.165, 1.54) is 0 Å². The first-order valence-corrected chi connectivity index (χ1v) is 7.00. The third-order valence-corrected chi connectivity index (χ3v) is 3.85. The second kappa shape index (κ2) is 6.61. The summed E-state index contributed by atoms with van der Waals surface area (Å²) in [6, 6.07) is 7.06. The van der Waals surface area contributed by atoms with E-state index in [-0.39, 0.29) is 18.6 Å². The first kappa shape index (κ1) is 14.7. The van der Waals surface area contributed by atoms with Gasteiger partial charge < -0.3 is 20.5 Å². The zero-order chi connectivity index (χ0) is 14.5. The Hall–Kier alpha value is -1.75. The maximum Gasteiger partial charge on any atom is 0.226 e. The highest BCUT2D eigenvalue weighted by molar-refractivity contribution is 5.77. The molecule has 1 aromatic carbocycles. The molecule has 0 aliphatic carbocycles. The van der Waals surface area contributed by atoms with Crippen LogP contribution in [0.1, 0.15) is 19.8 Å². The normalized spacial score (nSPS) is 22.0. The summed E-state index contributed by atoms with van der Waals surface area (Å²) in [5, 5.41) is 9.35. The standard InChI is InChI=1S/C15H22N2O3/c1-11-6-8-17(14(11)10-18)15(19)7-9-20-13-4-2-12(16)3-5-13/h2-5,11,14,18H,6-10,16H2,1H3. The van der Waals surface area contributed by atoms with E-state index < -0.39 is 0 Å². The molecule has 1 heterocycles. The van der Waals surface area contributed by atoms with Gasteiger partial charge in [0.05, 0.1) is 25.7 Å². The van der Waals surface area contributed by atoms with Crippen molar-refractivity contribution in [2.24, 2.45) is 5.92 Å². The molecule has 5 heteroatoms. The predicted molar refractivity (Wildman–Crippen MR) is 77.3 cm³/mol. The van der Waals surface area contributed by atoms with Crippen molar-refractivity contribution in [1.82, 2.24) is 4.90 Å². The zero-order valence-electron chi connectivity index (χ0n) is 11.8. The van der Waals surface area contributed by atoms with E-state index in [0.29, 0.717) is 30.4 Å². The highest BCUT2D eigenvalue weighted by atomic mass is 16.5. The molecule has 5 nitrogen and oxygen atoms in total. The number of likely N-dealkylation sites (tertiary alicyclic amines) is 1. The third kappa shape index (κ3) is 3.42. The van der Waals surface area contributed by atoms with Crippen LogP contribution in [0.5, 0.6) is 5.75 Å². The minimum atomic E-state index is -0.0426. The number of hydrogen-bond donors (Lipinski definition) is 2. The van der Waals surface area contributed by atoms with Crippen molar-refractivity contribution in [2.45, 2.75) is 25.8 Å². The Morgan fingerprint density at radius 3 is 2.80 bits per heavy atom. The predicted octanol–water partition coefficient (Wildman–Crippen LogP) is 1.27. The van der Waals surface area contributed by atoms with Gasteiger partial charge in [-0.2, -0.15) is 0 Å². The zero-order valence-corrected chi connectivity index (χ0v) is 11.8. The second-order valence-corrected chi connectivity index (χ2v) is 5.27. The van der Waals surface area contributed by atoms with Gasteiger partial charge in [-0.1, -0.05) is 6.92 Å². The fraction of sp³-hybridized carbons (Fsp3) is 0.533. The summed E-state index contributed by atoms with van der Waals surface area (Å²) in [6.45, 7) is 3.17. The van der Waals surface area contributed by atoms with Crippen molar-refractivity contribution >= 4 is 11.6 Å². The number of nitrogen functional groups attached to an aromatic ring is 1. The van der Waals surface area contributed by atoms with Gasteiger partial charge >= 0.3 is 0 Å². The topological polar surface area (TPSA) is 75.8 Å². The summed E-state index contributed by atoms with van der Waals surface area (Å²) in [4.78, 5) is 13.9. The van der Waals surface area contributed by atoms with E-state index in [4.69, 9.17) is 10.5 Å². The van der Waals surface area contributed by atoms with E-state index in [0.717, 1.165) is 13.0 Å². The molecule has 1 amide bonds. The van der Waals surface area contributed by atoms with E-state index in [9.17, 15) is 9.90 Å². The fourth-order valence-corrected chi connectivity index (χ4v) is 2.56. The molecule has 3 N–H and O–H groups in total. The van der Waals surface area contributed by atoms with Gasteiger partial charge in [0.2, 0.25) is 5.91 Å². The van der Waals surface area contributed by atoms with E-state index in [1.54, 1.807) is 29.2 Å². The van der Waals surface area contributed by atoms with Gasteiger partial charge in [0.1, 0.15) is 5.75 Å². The van der Waals surface area contributed by atoms with Gasteiger partial charge in [-0.25, -0.2) is 0 Å². The minimum Gasteiger partial charge on any atom is -0.493 e. The number of rotatable bonds is 5. The lowest BCUT2D eigenvalue weighted by Gasteiger charge is -2.25. The van der Waals surface area contributed by atoms with E-state index >= 15 is 0 Å². The number of amides is 1. The molecule has 1 aliphatic heterocycles. The van der Waals surface area contributed by atoms with Crippen molar-refractivity contribution in [3.8, 4) is 5.75 Å². The molecule has 0 saturated carbocycles. The van der Waals surface area contributed by atoms with Crippen molar-refractivity contribution in [3.05, 3.63) is 24.3 Å². The summed E-state index contributed by atoms with van der Waals surface area (Å²) < 4.78 is 5.52. The van der Waals surface area contributed by atoms with Crippen molar-refractivity contribution in [2.75, 3.05) is 25.5 Å². The van der Waals surface area contributed by atoms with Crippen LogP contribution in [-0.4, -0.2) is 41.7 Å². The summed E-state index contributed by atoms with van der Waals surface area (Å²) in [5.74, 6) is 1.12. The molecule has 2 rings (SSSR count). The molecule has 1 aromatic rings. The molecular weight excluding hydrogens is 256 g/mol. The molecule has 0 radical (unpaired) electrons. The first-order valence-electron chi connectivity index (χ1n) is 7.00. The number of carbonyl (C=O) groups excluding carboxylic acids is 1. The quantitative estimate of drug-likeness (QED) is 0.795. The lowest BCUT2D eigenvalue weighted by atomic mass is 10.0. The van der Waals surface area contributed by atoms with Gasteiger partial charge in [0.25, 0.3) is 0 Å². The minimum absolute atomic E-state index is 0.0335. The summed E-state index contributed by atoms with van der Waals surface area (Å²) in [5.41, 5.74) is 6.28. The molecule has 2 unspecified atom stereocenters. The van der Waals surface area contributed by atoms with Crippen molar-refractivity contribution < 1.29 is 14.6 Å². The third-order valence-electron chi connectivity index (χ3n) is 3.85. The lowest BCUT2D eigenvalue weighted by molar-refractivity contribution is -0.133. The molecule has 0 spiro atoms. The first-order chi connectivity index (χ1) is 9.61. The molecule has 1 saturated heterocycles. The van der Waals surface area contributed by atoms with Crippen LogP contribution in [0, 0.1) is 5.92 Å². The average molecular weight is 278 g/mol. The van der Waals surface area contributed by atoms with Crippen LogP contribution < -0.4 is 10.5 Å². The largest absolute Gasteiger partial charge is 0.493 e. The van der Waals surface area contributed by atoms with Gasteiger partial charge in [-0.3, -0.25) is 4.79 Å². The number of anilines is 1. The summed E-state index contributed by atoms with van der Waals surface area (Å²) in [6.07, 6.45) is 1.28. The SMILES string of the molecule is CC1CCN(C(=O)CCOc2ccc(N)cc2)C1CO. The Morgan fingerprint density at radius 1 is 1.45 bits per heavy atom. The highest BCUT2D eigenvalue weighted by Crippen LogP contribution is 2.24. The lowest BCUT2D eigenvalue weighted by Crippen LogP contribution is -2.40.